The van der Waals surface area contributed by atoms with E-state index in [1.165, 1.54) is 24.3 Å². The SMILES string of the molecule is CC[C@H](C)[C@H](NC(=O)[C@@H](N)Cc1cnc[nH]1)C(=O)N[C@@H](CC(C)C)C(=O)N[C@@H](CC(=O)O)C(=O)N[C@@H](CCSC)C(=O)N[C@@H](Cc1c[nH]c2ccccc12)C(=O)O. The number of H-pyrrole nitrogens is 2. The summed E-state index contributed by atoms with van der Waals surface area (Å²) in [7, 11) is 0. The summed E-state index contributed by atoms with van der Waals surface area (Å²) in [6.07, 6.45) is 6.26. The van der Waals surface area contributed by atoms with Crippen molar-refractivity contribution in [1.29, 1.82) is 0 Å². The van der Waals surface area contributed by atoms with Gasteiger partial charge in [-0.3, -0.25) is 28.8 Å². The van der Waals surface area contributed by atoms with E-state index in [-0.39, 0.29) is 37.5 Å². The van der Waals surface area contributed by atoms with Crippen LogP contribution in [0.3, 0.4) is 0 Å². The fraction of sp³-hybridized carbons (Fsp3) is 0.526. The van der Waals surface area contributed by atoms with E-state index in [1.54, 1.807) is 39.3 Å². The molecule has 57 heavy (non-hydrogen) atoms. The molecule has 18 nitrogen and oxygen atoms in total. The second-order valence-electron chi connectivity index (χ2n) is 14.4. The molecular formula is C38H55N9O9S. The monoisotopic (exact) mass is 813 g/mol. The molecule has 11 N–H and O–H groups in total. The zero-order valence-electron chi connectivity index (χ0n) is 32.8. The third-order valence-electron chi connectivity index (χ3n) is 9.43. The van der Waals surface area contributed by atoms with Crippen LogP contribution in [0.15, 0.2) is 43.0 Å². The number of carbonyl (C=O) groups excluding carboxylic acids is 5. The topological polar surface area (TPSA) is 291 Å². The van der Waals surface area contributed by atoms with Crippen molar-refractivity contribution in [2.24, 2.45) is 17.6 Å². The summed E-state index contributed by atoms with van der Waals surface area (Å²) < 4.78 is 0. The number of hydrogen-bond donors (Lipinski definition) is 10. The highest BCUT2D eigenvalue weighted by Crippen LogP contribution is 2.19. The minimum Gasteiger partial charge on any atom is -0.481 e. The molecule has 2 heterocycles. The van der Waals surface area contributed by atoms with E-state index in [0.717, 1.165) is 10.9 Å². The molecule has 0 aliphatic heterocycles. The van der Waals surface area contributed by atoms with Crippen LogP contribution in [-0.2, 0) is 46.4 Å². The number of benzene rings is 1. The number of nitrogens with two attached hydrogens (primary N) is 1. The number of aromatic nitrogens is 3. The third-order valence-corrected chi connectivity index (χ3v) is 10.1. The molecule has 0 fully saturated rings. The number of fused-ring (bicyclic) bond motifs is 1. The highest BCUT2D eigenvalue weighted by Gasteiger charge is 2.35. The van der Waals surface area contributed by atoms with Gasteiger partial charge in [0.2, 0.25) is 29.5 Å². The van der Waals surface area contributed by atoms with Crippen LogP contribution in [0, 0.1) is 11.8 Å². The molecule has 0 unspecified atom stereocenters. The lowest BCUT2D eigenvalue weighted by Crippen LogP contribution is -2.60. The molecule has 0 saturated heterocycles. The Morgan fingerprint density at radius 2 is 1.44 bits per heavy atom. The molecule has 0 spiro atoms. The Morgan fingerprint density at radius 3 is 2.05 bits per heavy atom. The van der Waals surface area contributed by atoms with E-state index in [1.807, 2.05) is 25.1 Å². The molecule has 5 amide bonds. The first-order valence-electron chi connectivity index (χ1n) is 18.8. The molecule has 7 atom stereocenters. The zero-order chi connectivity index (χ0) is 42.2. The van der Waals surface area contributed by atoms with Crippen molar-refractivity contribution in [3.05, 3.63) is 54.2 Å². The van der Waals surface area contributed by atoms with Crippen LogP contribution in [-0.4, -0.2) is 115 Å². The molecule has 19 heteroatoms. The predicted molar refractivity (Wildman–Crippen MR) is 214 cm³/mol. The van der Waals surface area contributed by atoms with Gasteiger partial charge in [-0.25, -0.2) is 9.78 Å². The summed E-state index contributed by atoms with van der Waals surface area (Å²) in [6, 6.07) is -0.391. The van der Waals surface area contributed by atoms with E-state index in [0.29, 0.717) is 23.4 Å². The molecular weight excluding hydrogens is 759 g/mol. The number of rotatable bonds is 24. The van der Waals surface area contributed by atoms with Gasteiger partial charge in [-0.05, 0) is 48.3 Å². The van der Waals surface area contributed by atoms with Gasteiger partial charge in [0.15, 0.2) is 0 Å². The van der Waals surface area contributed by atoms with Crippen LogP contribution in [0.5, 0.6) is 0 Å². The number of carboxylic acids is 2. The number of carboxylic acid groups (broad SMARTS) is 2. The highest BCUT2D eigenvalue weighted by atomic mass is 32.2. The number of thioether (sulfide) groups is 1. The van der Waals surface area contributed by atoms with Gasteiger partial charge < -0.3 is 52.5 Å². The second kappa shape index (κ2) is 22.3. The Morgan fingerprint density at radius 1 is 0.807 bits per heavy atom. The summed E-state index contributed by atoms with van der Waals surface area (Å²) in [5.74, 6) is -6.84. The minimum atomic E-state index is -1.68. The second-order valence-corrected chi connectivity index (χ2v) is 15.4. The predicted octanol–water partition coefficient (Wildman–Crippen LogP) is 0.832. The largest absolute Gasteiger partial charge is 0.481 e. The molecule has 3 rings (SSSR count). The summed E-state index contributed by atoms with van der Waals surface area (Å²) >= 11 is 1.37. The zero-order valence-corrected chi connectivity index (χ0v) is 33.6. The lowest BCUT2D eigenvalue weighted by Gasteiger charge is -2.29. The van der Waals surface area contributed by atoms with Crippen molar-refractivity contribution >= 4 is 64.1 Å². The lowest BCUT2D eigenvalue weighted by molar-refractivity contribution is -0.143. The van der Waals surface area contributed by atoms with E-state index in [2.05, 4.69) is 41.5 Å². The van der Waals surface area contributed by atoms with Crippen molar-refractivity contribution in [3.8, 4) is 0 Å². The summed E-state index contributed by atoms with van der Waals surface area (Å²) in [5, 5.41) is 33.3. The quantitative estimate of drug-likeness (QED) is 0.0602. The van der Waals surface area contributed by atoms with Gasteiger partial charge in [0.1, 0.15) is 30.2 Å². The highest BCUT2D eigenvalue weighted by molar-refractivity contribution is 7.98. The van der Waals surface area contributed by atoms with Gasteiger partial charge >= 0.3 is 11.9 Å². The summed E-state index contributed by atoms with van der Waals surface area (Å²) in [6.45, 7) is 7.18. The Balaban J connectivity index is 1.76. The standard InChI is InChI=1S/C38H55N9O9S/c1-6-21(4)32(47-33(50)25(39)15-23-18-40-19-42-23)37(54)45-28(13-20(2)3)35(52)44-29(16-31(48)49)36(53)43-27(11-12-57-5)34(51)46-30(38(55)56)14-22-17-41-26-10-8-7-9-24(22)26/h7-10,17-21,25,27-30,32,41H,6,11-16,39H2,1-5H3,(H,40,42)(H,43,53)(H,44,52)(H,45,54)(H,46,51)(H,47,50)(H,48,49)(H,55,56)/t21-,25-,27-,28-,29-,30-,32-/m0/s1. The van der Waals surface area contributed by atoms with E-state index >= 15 is 0 Å². The number of imidazole rings is 1. The first-order valence-corrected chi connectivity index (χ1v) is 20.2. The molecule has 0 aliphatic rings. The average Bonchev–Trinajstić information content (AvgIpc) is 3.83. The smallest absolute Gasteiger partial charge is 0.326 e. The van der Waals surface area contributed by atoms with Gasteiger partial charge in [-0.15, -0.1) is 0 Å². The van der Waals surface area contributed by atoms with Crippen molar-refractivity contribution in [3.63, 3.8) is 0 Å². The molecule has 2 aromatic heterocycles. The molecule has 3 aromatic rings. The van der Waals surface area contributed by atoms with Crippen LogP contribution in [0.2, 0.25) is 0 Å². The number of aliphatic carboxylic acids is 2. The molecule has 312 valence electrons. The van der Waals surface area contributed by atoms with Gasteiger partial charge in [-0.1, -0.05) is 52.3 Å². The van der Waals surface area contributed by atoms with Gasteiger partial charge in [0.05, 0.1) is 18.8 Å². The Kier molecular flexibility index (Phi) is 18.0. The lowest BCUT2D eigenvalue weighted by atomic mass is 9.96. The third kappa shape index (κ3) is 14.2. The van der Waals surface area contributed by atoms with Crippen molar-refractivity contribution in [2.75, 3.05) is 12.0 Å². The molecule has 0 aliphatic carbocycles. The fourth-order valence-electron chi connectivity index (χ4n) is 6.08. The number of hydrogen-bond acceptors (Lipinski definition) is 10. The van der Waals surface area contributed by atoms with Gasteiger partial charge in [0.25, 0.3) is 0 Å². The normalized spacial score (nSPS) is 15.0. The Hall–Kier alpha value is -5.43. The minimum absolute atomic E-state index is 0.0610. The Bertz CT molecular complexity index is 1830. The van der Waals surface area contributed by atoms with E-state index < -0.39 is 84.1 Å². The number of para-hydroxylation sites is 1. The maximum Gasteiger partial charge on any atom is 0.326 e. The van der Waals surface area contributed by atoms with Crippen molar-refractivity contribution in [1.82, 2.24) is 41.5 Å². The first-order chi connectivity index (χ1) is 27.0. The fourth-order valence-corrected chi connectivity index (χ4v) is 6.55. The number of aromatic amines is 2. The number of nitrogens with one attached hydrogen (secondary N) is 7. The van der Waals surface area contributed by atoms with Crippen LogP contribution in [0.1, 0.15) is 64.6 Å². The summed E-state index contributed by atoms with van der Waals surface area (Å²) in [4.78, 5) is 102. The molecule has 0 bridgehead atoms. The van der Waals surface area contributed by atoms with E-state index in [4.69, 9.17) is 5.73 Å². The van der Waals surface area contributed by atoms with E-state index in [9.17, 15) is 43.8 Å². The maximum absolute atomic E-state index is 13.8. The van der Waals surface area contributed by atoms with Crippen molar-refractivity contribution in [2.45, 2.75) is 102 Å². The molecule has 0 saturated carbocycles. The number of carbonyl (C=O) groups is 7. The molecule has 1 aromatic carbocycles. The van der Waals surface area contributed by atoms with Gasteiger partial charge in [-0.2, -0.15) is 11.8 Å². The number of amides is 5. The Labute approximate surface area is 335 Å². The van der Waals surface area contributed by atoms with Crippen LogP contribution < -0.4 is 32.3 Å². The van der Waals surface area contributed by atoms with Crippen LogP contribution >= 0.6 is 11.8 Å². The summed E-state index contributed by atoms with van der Waals surface area (Å²) in [5.41, 5.74) is 8.17. The average molecular weight is 814 g/mol. The van der Waals surface area contributed by atoms with Crippen LogP contribution in [0.4, 0.5) is 0 Å². The van der Waals surface area contributed by atoms with Crippen molar-refractivity contribution < 1.29 is 43.8 Å². The van der Waals surface area contributed by atoms with Gasteiger partial charge in [0, 0.05) is 41.8 Å². The first kappa shape index (κ1) is 46.0. The number of nitrogens with zero attached hydrogens (tertiary/aromatic N) is 1. The maximum atomic E-state index is 13.8. The molecule has 0 radical (unpaired) electrons. The van der Waals surface area contributed by atoms with Crippen LogP contribution in [0.25, 0.3) is 10.9 Å².